The van der Waals surface area contributed by atoms with Crippen LogP contribution in [0.4, 0.5) is 0 Å². The summed E-state index contributed by atoms with van der Waals surface area (Å²) in [6.45, 7) is 1.70. The predicted molar refractivity (Wildman–Crippen MR) is 108 cm³/mol. The van der Waals surface area contributed by atoms with Gasteiger partial charge in [-0.3, -0.25) is 9.59 Å². The molecule has 0 aromatic heterocycles. The Morgan fingerprint density at radius 2 is 1.79 bits per heavy atom. The van der Waals surface area contributed by atoms with Crippen molar-refractivity contribution in [3.8, 4) is 23.3 Å². The highest BCUT2D eigenvalue weighted by molar-refractivity contribution is 6.01. The van der Waals surface area contributed by atoms with Gasteiger partial charge in [0, 0.05) is 18.2 Å². The number of hydrogen-bond donors (Lipinski definition) is 1. The Hall–Kier alpha value is -3.79. The molecular formula is C22H22N2O5. The fourth-order valence-electron chi connectivity index (χ4n) is 2.58. The number of methoxy groups -OCH3 is 2. The molecule has 0 radical (unpaired) electrons. The van der Waals surface area contributed by atoms with Crippen molar-refractivity contribution in [2.45, 2.75) is 13.5 Å². The number of benzene rings is 2. The number of rotatable bonds is 8. The van der Waals surface area contributed by atoms with Gasteiger partial charge in [-0.15, -0.1) is 0 Å². The maximum absolute atomic E-state index is 11.7. The molecule has 0 saturated carbocycles. The molecule has 0 unspecified atom stereocenters. The Bertz CT molecular complexity index is 989. The van der Waals surface area contributed by atoms with E-state index >= 15 is 0 Å². The topological polar surface area (TPSA) is 97.7 Å². The van der Waals surface area contributed by atoms with E-state index in [1.807, 2.05) is 6.07 Å². The molecule has 2 aromatic carbocycles. The number of ether oxygens (including phenoxy) is 3. The molecule has 0 bridgehead atoms. The molecule has 0 fully saturated rings. The SMILES string of the molecule is CNC(=O)/C(C#N)=C/c1ccc(OCc2ccc(C(C)=O)cc2OC)c(OC)c1. The molecule has 150 valence electrons. The number of carbonyl (C=O) groups excluding carboxylic acids is 2. The van der Waals surface area contributed by atoms with Crippen molar-refractivity contribution in [1.82, 2.24) is 5.32 Å². The van der Waals surface area contributed by atoms with Gasteiger partial charge in [0.1, 0.15) is 24.0 Å². The van der Waals surface area contributed by atoms with Crippen molar-refractivity contribution in [3.63, 3.8) is 0 Å². The fraction of sp³-hybridized carbons (Fsp3) is 0.227. The lowest BCUT2D eigenvalue weighted by Gasteiger charge is -2.14. The minimum atomic E-state index is -0.465. The average Bonchev–Trinajstić information content (AvgIpc) is 2.75. The highest BCUT2D eigenvalue weighted by atomic mass is 16.5. The van der Waals surface area contributed by atoms with Crippen LogP contribution in [-0.2, 0) is 11.4 Å². The molecule has 2 rings (SSSR count). The number of amides is 1. The van der Waals surface area contributed by atoms with E-state index in [9.17, 15) is 9.59 Å². The van der Waals surface area contributed by atoms with Gasteiger partial charge in [0.15, 0.2) is 17.3 Å². The molecule has 0 heterocycles. The maximum Gasteiger partial charge on any atom is 0.261 e. The van der Waals surface area contributed by atoms with E-state index in [-0.39, 0.29) is 18.0 Å². The molecular weight excluding hydrogens is 372 g/mol. The van der Waals surface area contributed by atoms with Crippen LogP contribution in [0.25, 0.3) is 6.08 Å². The lowest BCUT2D eigenvalue weighted by atomic mass is 10.1. The molecule has 0 saturated heterocycles. The Kier molecular flexibility index (Phi) is 7.38. The normalized spacial score (nSPS) is 10.7. The third kappa shape index (κ3) is 5.36. The van der Waals surface area contributed by atoms with Gasteiger partial charge < -0.3 is 19.5 Å². The summed E-state index contributed by atoms with van der Waals surface area (Å²) in [7, 11) is 4.49. The van der Waals surface area contributed by atoms with Crippen molar-refractivity contribution in [1.29, 1.82) is 5.26 Å². The minimum Gasteiger partial charge on any atom is -0.496 e. The summed E-state index contributed by atoms with van der Waals surface area (Å²) in [5.74, 6) is 0.982. The second-order valence-corrected chi connectivity index (χ2v) is 6.03. The van der Waals surface area contributed by atoms with Crippen molar-refractivity contribution in [3.05, 3.63) is 58.7 Å². The molecule has 0 aliphatic rings. The highest BCUT2D eigenvalue weighted by Crippen LogP contribution is 2.31. The number of hydrogen-bond acceptors (Lipinski definition) is 6. The summed E-state index contributed by atoms with van der Waals surface area (Å²) in [5.41, 5.74) is 1.94. The van der Waals surface area contributed by atoms with Gasteiger partial charge in [0.2, 0.25) is 0 Å². The Balaban J connectivity index is 2.24. The first-order valence-electron chi connectivity index (χ1n) is 8.76. The highest BCUT2D eigenvalue weighted by Gasteiger charge is 2.12. The summed E-state index contributed by atoms with van der Waals surface area (Å²) in [5, 5.41) is 11.5. The van der Waals surface area contributed by atoms with Crippen molar-refractivity contribution < 1.29 is 23.8 Å². The summed E-state index contributed by atoms with van der Waals surface area (Å²) >= 11 is 0. The zero-order valence-corrected chi connectivity index (χ0v) is 16.7. The largest absolute Gasteiger partial charge is 0.496 e. The van der Waals surface area contributed by atoms with Crippen molar-refractivity contribution >= 4 is 17.8 Å². The molecule has 1 amide bonds. The number of ketones is 1. The van der Waals surface area contributed by atoms with Crippen LogP contribution in [0.5, 0.6) is 17.2 Å². The van der Waals surface area contributed by atoms with Crippen molar-refractivity contribution in [2.24, 2.45) is 0 Å². The monoisotopic (exact) mass is 394 g/mol. The molecule has 7 heteroatoms. The molecule has 29 heavy (non-hydrogen) atoms. The van der Waals surface area contributed by atoms with Gasteiger partial charge in [-0.05, 0) is 36.8 Å². The second kappa shape index (κ2) is 9.95. The van der Waals surface area contributed by atoms with Gasteiger partial charge >= 0.3 is 0 Å². The minimum absolute atomic E-state index is 0.0153. The van der Waals surface area contributed by atoms with Gasteiger partial charge in [-0.1, -0.05) is 18.2 Å². The zero-order chi connectivity index (χ0) is 21.4. The van der Waals surface area contributed by atoms with Gasteiger partial charge in [0.25, 0.3) is 5.91 Å². The summed E-state index contributed by atoms with van der Waals surface area (Å²) in [6, 6.07) is 12.1. The molecule has 2 aromatic rings. The smallest absolute Gasteiger partial charge is 0.261 e. The molecule has 0 aliphatic carbocycles. The van der Waals surface area contributed by atoms with Crippen LogP contribution < -0.4 is 19.5 Å². The molecule has 1 N–H and O–H groups in total. The van der Waals surface area contributed by atoms with E-state index < -0.39 is 5.91 Å². The molecule has 0 spiro atoms. The van der Waals surface area contributed by atoms with Crippen LogP contribution in [0.3, 0.4) is 0 Å². The first-order chi connectivity index (χ1) is 13.9. The number of nitrogens with one attached hydrogen (secondary N) is 1. The Labute approximate surface area is 169 Å². The Morgan fingerprint density at radius 3 is 2.38 bits per heavy atom. The number of nitriles is 1. The lowest BCUT2D eigenvalue weighted by Crippen LogP contribution is -2.19. The standard InChI is InChI=1S/C22H22N2O5/c1-14(25)16-6-7-17(20(11-16)27-3)13-29-19-8-5-15(10-21(19)28-4)9-18(12-23)22(26)24-2/h5-11H,13H2,1-4H3,(H,24,26)/b18-9+. The predicted octanol–water partition coefficient (Wildman–Crippen LogP) is 3.14. The lowest BCUT2D eigenvalue weighted by molar-refractivity contribution is -0.116. The van der Waals surface area contributed by atoms with Gasteiger partial charge in [0.05, 0.1) is 14.2 Å². The first kappa shape index (κ1) is 21.5. The Morgan fingerprint density at radius 1 is 1.07 bits per heavy atom. The maximum atomic E-state index is 11.7. The van der Waals surface area contributed by atoms with E-state index in [0.717, 1.165) is 5.56 Å². The fourth-order valence-corrected chi connectivity index (χ4v) is 2.58. The van der Waals surface area contributed by atoms with E-state index in [4.69, 9.17) is 19.5 Å². The third-order valence-electron chi connectivity index (χ3n) is 4.17. The van der Waals surface area contributed by atoms with Gasteiger partial charge in [-0.25, -0.2) is 0 Å². The number of Topliss-reactive ketones (excluding diaryl/α,β-unsaturated/α-hetero) is 1. The third-order valence-corrected chi connectivity index (χ3v) is 4.17. The summed E-state index contributed by atoms with van der Waals surface area (Å²) < 4.78 is 16.6. The molecule has 7 nitrogen and oxygen atoms in total. The second-order valence-electron chi connectivity index (χ2n) is 6.03. The van der Waals surface area contributed by atoms with Crippen LogP contribution in [0.1, 0.15) is 28.4 Å². The van der Waals surface area contributed by atoms with Gasteiger partial charge in [-0.2, -0.15) is 5.26 Å². The van der Waals surface area contributed by atoms with Crippen LogP contribution in [0.2, 0.25) is 0 Å². The molecule has 0 aliphatic heterocycles. The van der Waals surface area contributed by atoms with Crippen LogP contribution in [-0.4, -0.2) is 33.0 Å². The van der Waals surface area contributed by atoms with E-state index in [1.54, 1.807) is 36.4 Å². The van der Waals surface area contributed by atoms with Crippen molar-refractivity contribution in [2.75, 3.05) is 21.3 Å². The van der Waals surface area contributed by atoms with E-state index in [2.05, 4.69) is 5.32 Å². The summed E-state index contributed by atoms with van der Waals surface area (Å²) in [4.78, 5) is 23.2. The number of nitrogens with zero attached hydrogens (tertiary/aromatic N) is 1. The molecule has 0 atom stereocenters. The number of likely N-dealkylation sites (N-methyl/N-ethyl adjacent to an activating group) is 1. The average molecular weight is 394 g/mol. The van der Waals surface area contributed by atoms with Crippen LogP contribution in [0, 0.1) is 11.3 Å². The van der Waals surface area contributed by atoms with E-state index in [1.165, 1.54) is 34.3 Å². The summed E-state index contributed by atoms with van der Waals surface area (Å²) in [6.07, 6.45) is 1.47. The number of carbonyl (C=O) groups is 2. The first-order valence-corrected chi connectivity index (χ1v) is 8.76. The van der Waals surface area contributed by atoms with E-state index in [0.29, 0.717) is 28.4 Å². The zero-order valence-electron chi connectivity index (χ0n) is 16.7. The van der Waals surface area contributed by atoms with Crippen LogP contribution >= 0.6 is 0 Å². The van der Waals surface area contributed by atoms with Crippen LogP contribution in [0.15, 0.2) is 42.0 Å². The quantitative estimate of drug-likeness (QED) is 0.420.